The van der Waals surface area contributed by atoms with Crippen molar-refractivity contribution in [1.29, 1.82) is 0 Å². The number of sulfonamides is 1. The number of anilines is 1. The van der Waals surface area contributed by atoms with Crippen LogP contribution in [-0.2, 0) is 17.1 Å². The van der Waals surface area contributed by atoms with E-state index in [1.165, 1.54) is 10.9 Å². The van der Waals surface area contributed by atoms with Gasteiger partial charge in [-0.2, -0.15) is 5.10 Å². The average molecular weight is 578 g/mol. The van der Waals surface area contributed by atoms with E-state index in [2.05, 4.69) is 59.4 Å². The largest absolute Gasteiger partial charge is 0.476 e. The fourth-order valence-corrected chi connectivity index (χ4v) is 6.66. The topological polar surface area (TPSA) is 124 Å². The fraction of sp³-hybridized carbons (Fsp3) is 0.538. The molecular formula is C26H39N7O4S2. The van der Waals surface area contributed by atoms with Crippen molar-refractivity contribution in [2.24, 2.45) is 13.0 Å². The Hall–Kier alpha value is -3.06. The van der Waals surface area contributed by atoms with Crippen LogP contribution in [-0.4, -0.2) is 82.1 Å². The molecule has 0 aromatic carbocycles. The Morgan fingerprint density at radius 2 is 1.90 bits per heavy atom. The molecule has 1 atom stereocenters. The third-order valence-corrected chi connectivity index (χ3v) is 9.49. The van der Waals surface area contributed by atoms with E-state index in [-0.39, 0.29) is 16.0 Å². The molecule has 3 aromatic rings. The summed E-state index contributed by atoms with van der Waals surface area (Å²) in [6, 6.07) is 5.04. The normalized spacial score (nSPS) is 17.8. The number of hydrogen-bond donors (Lipinski definition) is 1. The van der Waals surface area contributed by atoms with Crippen LogP contribution < -0.4 is 14.4 Å². The quantitative estimate of drug-likeness (QED) is 0.411. The molecule has 214 valence electrons. The number of aromatic nitrogens is 5. The predicted molar refractivity (Wildman–Crippen MR) is 155 cm³/mol. The summed E-state index contributed by atoms with van der Waals surface area (Å²) in [5, 5.41) is 8.61. The Labute approximate surface area is 232 Å². The van der Waals surface area contributed by atoms with Crippen LogP contribution in [0.4, 0.5) is 5.82 Å². The van der Waals surface area contributed by atoms with Crippen LogP contribution in [0.2, 0.25) is 0 Å². The van der Waals surface area contributed by atoms with Gasteiger partial charge in [0, 0.05) is 43.3 Å². The molecule has 1 N–H and O–H groups in total. The van der Waals surface area contributed by atoms with Gasteiger partial charge >= 0.3 is 0 Å². The second-order valence-electron chi connectivity index (χ2n) is 11.7. The first-order valence-corrected chi connectivity index (χ1v) is 17.3. The van der Waals surface area contributed by atoms with Gasteiger partial charge in [0.25, 0.3) is 15.9 Å². The van der Waals surface area contributed by atoms with Gasteiger partial charge in [-0.05, 0) is 64.0 Å². The summed E-state index contributed by atoms with van der Waals surface area (Å²) in [4.78, 5) is 20.3. The lowest BCUT2D eigenvalue weighted by atomic mass is 9.97. The number of pyridine rings is 1. The first-order chi connectivity index (χ1) is 18.1. The highest BCUT2D eigenvalue weighted by molar-refractivity contribution is 8.32. The van der Waals surface area contributed by atoms with E-state index in [1.54, 1.807) is 43.0 Å². The van der Waals surface area contributed by atoms with Gasteiger partial charge in [-0.3, -0.25) is 9.48 Å². The Morgan fingerprint density at radius 1 is 1.18 bits per heavy atom. The Balaban J connectivity index is 1.67. The van der Waals surface area contributed by atoms with Crippen LogP contribution in [0.1, 0.15) is 43.2 Å². The highest BCUT2D eigenvalue weighted by Gasteiger charge is 2.39. The average Bonchev–Trinajstić information content (AvgIpc) is 3.48. The maximum atomic E-state index is 13.4. The summed E-state index contributed by atoms with van der Waals surface area (Å²) < 4.78 is 37.2. The van der Waals surface area contributed by atoms with Gasteiger partial charge in [0.1, 0.15) is 10.7 Å². The summed E-state index contributed by atoms with van der Waals surface area (Å²) in [6.45, 7) is 9.19. The van der Waals surface area contributed by atoms with Crippen molar-refractivity contribution in [2.75, 3.05) is 42.6 Å². The number of hydrogen-bond acceptors (Lipinski definition) is 8. The van der Waals surface area contributed by atoms with Crippen LogP contribution in [0, 0.1) is 12.8 Å². The highest BCUT2D eigenvalue weighted by Crippen LogP contribution is 2.38. The Morgan fingerprint density at radius 3 is 2.49 bits per heavy atom. The van der Waals surface area contributed by atoms with E-state index in [9.17, 15) is 13.2 Å². The molecular weight excluding hydrogens is 538 g/mol. The molecule has 1 aliphatic heterocycles. The molecule has 1 amide bonds. The van der Waals surface area contributed by atoms with Gasteiger partial charge in [0.15, 0.2) is 5.82 Å². The zero-order valence-corrected chi connectivity index (χ0v) is 25.6. The monoisotopic (exact) mass is 577 g/mol. The number of ether oxygens (including phenoxy) is 1. The maximum absolute atomic E-state index is 13.4. The SMILES string of the molecule is Cc1nn(C)cc1S(=O)(=O)NC(=O)c1ccc(-n2ccc(OCCS(C)(C)C)n2)nc1N1C[C@@H](C)CC1(C)C. The minimum Gasteiger partial charge on any atom is -0.476 e. The van der Waals surface area contributed by atoms with Crippen LogP contribution in [0.25, 0.3) is 5.82 Å². The van der Waals surface area contributed by atoms with Crippen LogP contribution in [0.3, 0.4) is 0 Å². The van der Waals surface area contributed by atoms with E-state index in [1.807, 2.05) is 0 Å². The number of aryl methyl sites for hydroxylation is 2. The van der Waals surface area contributed by atoms with Crippen LogP contribution in [0.5, 0.6) is 5.88 Å². The maximum Gasteiger partial charge on any atom is 0.268 e. The van der Waals surface area contributed by atoms with Gasteiger partial charge < -0.3 is 9.64 Å². The molecule has 11 nitrogen and oxygen atoms in total. The van der Waals surface area contributed by atoms with Gasteiger partial charge in [-0.15, -0.1) is 5.10 Å². The first kappa shape index (κ1) is 28.9. The van der Waals surface area contributed by atoms with Gasteiger partial charge in [0.05, 0.1) is 17.9 Å². The summed E-state index contributed by atoms with van der Waals surface area (Å²) in [7, 11) is -3.19. The lowest BCUT2D eigenvalue weighted by molar-refractivity contribution is 0.0981. The number of nitrogens with zero attached hydrogens (tertiary/aromatic N) is 6. The van der Waals surface area contributed by atoms with E-state index in [4.69, 9.17) is 9.72 Å². The van der Waals surface area contributed by atoms with Crippen molar-refractivity contribution in [3.8, 4) is 11.7 Å². The lowest BCUT2D eigenvalue weighted by Gasteiger charge is -2.34. The first-order valence-electron chi connectivity index (χ1n) is 12.8. The molecule has 1 saturated heterocycles. The molecule has 4 heterocycles. The van der Waals surface area contributed by atoms with E-state index in [0.29, 0.717) is 42.3 Å². The third kappa shape index (κ3) is 6.57. The summed E-state index contributed by atoms with van der Waals surface area (Å²) >= 11 is 0. The molecule has 39 heavy (non-hydrogen) atoms. The van der Waals surface area contributed by atoms with Crippen molar-refractivity contribution in [2.45, 2.75) is 44.6 Å². The molecule has 0 saturated carbocycles. The van der Waals surface area contributed by atoms with Crippen molar-refractivity contribution >= 4 is 31.8 Å². The molecule has 1 fully saturated rings. The minimum absolute atomic E-state index is 0.0447. The number of carbonyl (C=O) groups excluding carboxylic acids is 1. The van der Waals surface area contributed by atoms with Gasteiger partial charge in [-0.25, -0.2) is 32.8 Å². The zero-order chi connectivity index (χ0) is 28.8. The zero-order valence-electron chi connectivity index (χ0n) is 23.9. The number of amides is 1. The van der Waals surface area contributed by atoms with E-state index >= 15 is 0 Å². The highest BCUT2D eigenvalue weighted by atomic mass is 32.3. The smallest absolute Gasteiger partial charge is 0.268 e. The molecule has 0 spiro atoms. The molecule has 0 radical (unpaired) electrons. The van der Waals surface area contributed by atoms with E-state index in [0.717, 1.165) is 12.2 Å². The van der Waals surface area contributed by atoms with E-state index < -0.39 is 26.0 Å². The summed E-state index contributed by atoms with van der Waals surface area (Å²) in [5.41, 5.74) is 0.191. The van der Waals surface area contributed by atoms with Gasteiger partial charge in [-0.1, -0.05) is 6.92 Å². The molecule has 13 heteroatoms. The van der Waals surface area contributed by atoms with Crippen LogP contribution in [0.15, 0.2) is 35.5 Å². The Kier molecular flexibility index (Phi) is 7.78. The van der Waals surface area contributed by atoms with Crippen molar-refractivity contribution in [3.63, 3.8) is 0 Å². The van der Waals surface area contributed by atoms with Crippen LogP contribution >= 0.6 is 10.0 Å². The lowest BCUT2D eigenvalue weighted by Crippen LogP contribution is -2.41. The summed E-state index contributed by atoms with van der Waals surface area (Å²) in [6.07, 6.45) is 10.8. The third-order valence-electron chi connectivity index (χ3n) is 6.66. The fourth-order valence-electron chi connectivity index (χ4n) is 4.89. The minimum atomic E-state index is -4.14. The number of rotatable bonds is 9. The number of nitrogens with one attached hydrogen (secondary N) is 1. The predicted octanol–water partition coefficient (Wildman–Crippen LogP) is 3.13. The van der Waals surface area contributed by atoms with Crippen molar-refractivity contribution < 1.29 is 17.9 Å². The molecule has 3 aromatic heterocycles. The second kappa shape index (κ2) is 10.5. The van der Waals surface area contributed by atoms with Gasteiger partial charge in [0.2, 0.25) is 5.88 Å². The molecule has 4 rings (SSSR count). The Bertz CT molecular complexity index is 1470. The molecule has 0 aliphatic carbocycles. The molecule has 0 unspecified atom stereocenters. The van der Waals surface area contributed by atoms with Crippen molar-refractivity contribution in [1.82, 2.24) is 29.3 Å². The standard InChI is InChI=1S/C26H39N7O4S2/c1-18-15-26(3,4)32(16-18)24-20(25(34)30-39(35,36)21-17-31(5)28-19(21)2)9-10-22(27-24)33-12-11-23(29-33)37-13-14-38(6,7)8/h9-12,17-18H,13-16H2,1-8H3,(H,30,34)/t18-/m0/s1. The summed E-state index contributed by atoms with van der Waals surface area (Å²) in [5.74, 6) is 1.99. The second-order valence-corrected chi connectivity index (χ2v) is 17.9. The molecule has 1 aliphatic rings. The van der Waals surface area contributed by atoms with Crippen molar-refractivity contribution in [3.05, 3.63) is 41.9 Å². The molecule has 0 bridgehead atoms. The number of carbonyl (C=O) groups is 1.